The summed E-state index contributed by atoms with van der Waals surface area (Å²) in [7, 11) is 0. The van der Waals surface area contributed by atoms with Crippen molar-refractivity contribution in [3.63, 3.8) is 0 Å². The minimum Gasteiger partial charge on any atom is -0.342 e. The maximum atomic E-state index is 12.8. The van der Waals surface area contributed by atoms with Crippen LogP contribution >= 0.6 is 0 Å². The third-order valence-electron chi connectivity index (χ3n) is 5.22. The quantitative estimate of drug-likeness (QED) is 0.873. The molecule has 1 aliphatic heterocycles. The van der Waals surface area contributed by atoms with Crippen LogP contribution in [0.3, 0.4) is 0 Å². The van der Waals surface area contributed by atoms with E-state index < -0.39 is 0 Å². The molecule has 0 spiro atoms. The maximum Gasteiger partial charge on any atom is 0.226 e. The Morgan fingerprint density at radius 1 is 1.09 bits per heavy atom. The number of carbonyl (C=O) groups excluding carboxylic acids is 1. The van der Waals surface area contributed by atoms with E-state index in [0.717, 1.165) is 44.5 Å². The molecular weight excluding hydrogens is 284 g/mol. The van der Waals surface area contributed by atoms with Gasteiger partial charge in [-0.2, -0.15) is 0 Å². The van der Waals surface area contributed by atoms with Crippen molar-refractivity contribution in [1.82, 2.24) is 9.88 Å². The Morgan fingerprint density at radius 3 is 2.52 bits per heavy atom. The van der Waals surface area contributed by atoms with Crippen LogP contribution in [-0.2, 0) is 24.1 Å². The van der Waals surface area contributed by atoms with Gasteiger partial charge in [-0.05, 0) is 54.9 Å². The van der Waals surface area contributed by atoms with Gasteiger partial charge in [-0.25, -0.2) is 0 Å². The van der Waals surface area contributed by atoms with Crippen LogP contribution in [0.2, 0.25) is 0 Å². The zero-order valence-corrected chi connectivity index (χ0v) is 13.3. The lowest BCUT2D eigenvalue weighted by atomic mass is 10.0. The summed E-state index contributed by atoms with van der Waals surface area (Å²) in [6, 6.07) is 14.5. The van der Waals surface area contributed by atoms with E-state index in [4.69, 9.17) is 0 Å². The van der Waals surface area contributed by atoms with Crippen LogP contribution in [0.5, 0.6) is 0 Å². The summed E-state index contributed by atoms with van der Waals surface area (Å²) in [5.41, 5.74) is 3.85. The second-order valence-electron chi connectivity index (χ2n) is 6.84. The van der Waals surface area contributed by atoms with Crippen molar-refractivity contribution in [2.75, 3.05) is 13.1 Å². The summed E-state index contributed by atoms with van der Waals surface area (Å²) in [5.74, 6) is 1.06. The molecule has 1 atom stereocenters. The van der Waals surface area contributed by atoms with E-state index in [9.17, 15) is 4.79 Å². The van der Waals surface area contributed by atoms with E-state index in [1.165, 1.54) is 11.1 Å². The maximum absolute atomic E-state index is 12.8. The molecule has 2 heterocycles. The molecule has 0 saturated carbocycles. The highest BCUT2D eigenvalue weighted by Gasteiger charge is 2.34. The number of benzene rings is 1. The molecule has 1 aromatic heterocycles. The molecule has 1 aliphatic carbocycles. The Labute approximate surface area is 137 Å². The molecule has 3 heteroatoms. The number of likely N-dealkylation sites (tertiary alicyclic amines) is 1. The number of pyridine rings is 1. The van der Waals surface area contributed by atoms with Crippen molar-refractivity contribution in [1.29, 1.82) is 0 Å². The molecular formula is C20H22N2O. The predicted octanol–water partition coefficient (Wildman–Crippen LogP) is 2.89. The summed E-state index contributed by atoms with van der Waals surface area (Å²) in [4.78, 5) is 19.3. The third-order valence-corrected chi connectivity index (χ3v) is 5.22. The summed E-state index contributed by atoms with van der Waals surface area (Å²) < 4.78 is 0. The monoisotopic (exact) mass is 306 g/mol. The second kappa shape index (κ2) is 6.15. The number of fused-ring (bicyclic) bond motifs is 1. The highest BCUT2D eigenvalue weighted by molar-refractivity contribution is 5.80. The van der Waals surface area contributed by atoms with Gasteiger partial charge in [-0.3, -0.25) is 9.78 Å². The van der Waals surface area contributed by atoms with Crippen molar-refractivity contribution in [2.24, 2.45) is 11.8 Å². The lowest BCUT2D eigenvalue weighted by molar-refractivity contribution is -0.134. The van der Waals surface area contributed by atoms with Crippen molar-refractivity contribution in [3.05, 3.63) is 65.5 Å². The van der Waals surface area contributed by atoms with Crippen molar-refractivity contribution >= 4 is 5.91 Å². The number of hydrogen-bond acceptors (Lipinski definition) is 2. The SMILES string of the molecule is O=C(C1Cc2ccccc2C1)N1CCC(Cc2ccccn2)C1. The average molecular weight is 306 g/mol. The molecule has 1 fully saturated rings. The summed E-state index contributed by atoms with van der Waals surface area (Å²) in [6.07, 6.45) is 5.76. The lowest BCUT2D eigenvalue weighted by Gasteiger charge is -2.20. The average Bonchev–Trinajstić information content (AvgIpc) is 3.21. The first-order valence-electron chi connectivity index (χ1n) is 8.55. The van der Waals surface area contributed by atoms with Gasteiger partial charge in [0.1, 0.15) is 0 Å². The first-order chi connectivity index (χ1) is 11.3. The summed E-state index contributed by atoms with van der Waals surface area (Å²) in [5, 5.41) is 0. The first-order valence-corrected chi connectivity index (χ1v) is 8.55. The Balaban J connectivity index is 1.36. The van der Waals surface area contributed by atoms with E-state index in [1.807, 2.05) is 18.3 Å². The zero-order chi connectivity index (χ0) is 15.6. The van der Waals surface area contributed by atoms with Crippen LogP contribution in [0.25, 0.3) is 0 Å². The normalized spacial score (nSPS) is 20.7. The van der Waals surface area contributed by atoms with Crippen molar-refractivity contribution in [2.45, 2.75) is 25.7 Å². The predicted molar refractivity (Wildman–Crippen MR) is 90.0 cm³/mol. The zero-order valence-electron chi connectivity index (χ0n) is 13.3. The van der Waals surface area contributed by atoms with Gasteiger partial charge in [0.05, 0.1) is 0 Å². The van der Waals surface area contributed by atoms with Crippen LogP contribution in [0.1, 0.15) is 23.2 Å². The number of hydrogen-bond donors (Lipinski definition) is 0. The van der Waals surface area contributed by atoms with Gasteiger partial charge in [0.2, 0.25) is 5.91 Å². The Bertz CT molecular complexity index is 673. The molecule has 118 valence electrons. The van der Waals surface area contributed by atoms with Crippen LogP contribution in [-0.4, -0.2) is 28.9 Å². The number of carbonyl (C=O) groups is 1. The molecule has 0 bridgehead atoms. The summed E-state index contributed by atoms with van der Waals surface area (Å²) >= 11 is 0. The molecule has 3 nitrogen and oxygen atoms in total. The summed E-state index contributed by atoms with van der Waals surface area (Å²) in [6.45, 7) is 1.80. The van der Waals surface area contributed by atoms with Gasteiger partial charge in [-0.15, -0.1) is 0 Å². The Hall–Kier alpha value is -2.16. The number of rotatable bonds is 3. The topological polar surface area (TPSA) is 33.2 Å². The molecule has 1 unspecified atom stereocenters. The van der Waals surface area contributed by atoms with Crippen LogP contribution in [0.4, 0.5) is 0 Å². The minimum atomic E-state index is 0.154. The minimum absolute atomic E-state index is 0.154. The molecule has 1 saturated heterocycles. The van der Waals surface area contributed by atoms with Gasteiger partial charge in [0.25, 0.3) is 0 Å². The van der Waals surface area contributed by atoms with Crippen LogP contribution in [0.15, 0.2) is 48.7 Å². The van der Waals surface area contributed by atoms with Gasteiger partial charge in [0.15, 0.2) is 0 Å². The molecule has 1 amide bonds. The van der Waals surface area contributed by atoms with E-state index in [0.29, 0.717) is 11.8 Å². The fraction of sp³-hybridized carbons (Fsp3) is 0.400. The first kappa shape index (κ1) is 14.4. The van der Waals surface area contributed by atoms with Gasteiger partial charge >= 0.3 is 0 Å². The molecule has 23 heavy (non-hydrogen) atoms. The van der Waals surface area contributed by atoms with E-state index in [2.05, 4.69) is 40.2 Å². The molecule has 1 aromatic carbocycles. The van der Waals surface area contributed by atoms with Crippen LogP contribution < -0.4 is 0 Å². The largest absolute Gasteiger partial charge is 0.342 e. The fourth-order valence-electron chi connectivity index (χ4n) is 4.01. The Morgan fingerprint density at radius 2 is 1.83 bits per heavy atom. The van der Waals surface area contributed by atoms with Crippen molar-refractivity contribution < 1.29 is 4.79 Å². The number of aromatic nitrogens is 1. The van der Waals surface area contributed by atoms with Gasteiger partial charge in [0, 0.05) is 30.9 Å². The van der Waals surface area contributed by atoms with E-state index >= 15 is 0 Å². The molecule has 2 aromatic rings. The Kier molecular flexibility index (Phi) is 3.86. The standard InChI is InChI=1S/C20H22N2O/c23-20(18-12-16-5-1-2-6-17(16)13-18)22-10-8-15(14-22)11-19-7-3-4-9-21-19/h1-7,9,15,18H,8,10-14H2. The molecule has 0 N–H and O–H groups in total. The van der Waals surface area contributed by atoms with E-state index in [1.54, 1.807) is 0 Å². The van der Waals surface area contributed by atoms with Crippen LogP contribution in [0, 0.1) is 11.8 Å². The fourth-order valence-corrected chi connectivity index (χ4v) is 4.01. The molecule has 4 rings (SSSR count). The van der Waals surface area contributed by atoms with E-state index in [-0.39, 0.29) is 5.92 Å². The second-order valence-corrected chi connectivity index (χ2v) is 6.84. The molecule has 0 radical (unpaired) electrons. The highest BCUT2D eigenvalue weighted by Crippen LogP contribution is 2.30. The lowest BCUT2D eigenvalue weighted by Crippen LogP contribution is -2.35. The molecule has 2 aliphatic rings. The van der Waals surface area contributed by atoms with Crippen molar-refractivity contribution in [3.8, 4) is 0 Å². The highest BCUT2D eigenvalue weighted by atomic mass is 16.2. The number of amides is 1. The number of nitrogens with zero attached hydrogens (tertiary/aromatic N) is 2. The third kappa shape index (κ3) is 3.00. The van der Waals surface area contributed by atoms with Gasteiger partial charge < -0.3 is 4.90 Å². The van der Waals surface area contributed by atoms with Gasteiger partial charge in [-0.1, -0.05) is 30.3 Å². The smallest absolute Gasteiger partial charge is 0.226 e.